The highest BCUT2D eigenvalue weighted by Gasteiger charge is 2.16. The van der Waals surface area contributed by atoms with Crippen LogP contribution in [0.15, 0.2) is 48.6 Å². The Bertz CT molecular complexity index is 839. The van der Waals surface area contributed by atoms with Crippen molar-refractivity contribution in [2.45, 2.75) is 200 Å². The van der Waals surface area contributed by atoms with Gasteiger partial charge in [0, 0.05) is 0 Å². The van der Waals surface area contributed by atoms with Crippen molar-refractivity contribution in [3.05, 3.63) is 48.6 Å². The minimum Gasteiger partial charge on any atom is -0.481 e. The number of carbonyl (C=O) groups is 3. The third kappa shape index (κ3) is 38.0. The minimum atomic E-state index is -1.07. The van der Waals surface area contributed by atoms with E-state index in [4.69, 9.17) is 14.6 Å². The lowest BCUT2D eigenvalue weighted by Crippen LogP contribution is -2.23. The number of carboxylic acids is 1. The molecule has 0 aliphatic heterocycles. The predicted octanol–water partition coefficient (Wildman–Crippen LogP) is 12.7. The zero-order valence-corrected chi connectivity index (χ0v) is 31.7. The quantitative estimate of drug-likeness (QED) is 0.0401. The van der Waals surface area contributed by atoms with E-state index < -0.39 is 24.5 Å². The van der Waals surface area contributed by atoms with Crippen LogP contribution < -0.4 is 0 Å². The molecule has 0 aromatic carbocycles. The van der Waals surface area contributed by atoms with Crippen LogP contribution in [0.3, 0.4) is 0 Å². The van der Waals surface area contributed by atoms with E-state index >= 15 is 0 Å². The average molecular weight is 687 g/mol. The van der Waals surface area contributed by atoms with Crippen LogP contribution >= 0.6 is 0 Å². The molecule has 282 valence electrons. The van der Waals surface area contributed by atoms with Crippen LogP contribution in [0.4, 0.5) is 0 Å². The number of aliphatic carboxylic acids is 1. The van der Waals surface area contributed by atoms with Gasteiger partial charge in [0.1, 0.15) is 6.10 Å². The number of carboxylic acid groups (broad SMARTS) is 1. The largest absolute Gasteiger partial charge is 0.481 e. The molecule has 0 spiro atoms. The maximum Gasteiger partial charge on any atom is 0.344 e. The van der Waals surface area contributed by atoms with Gasteiger partial charge >= 0.3 is 17.9 Å². The summed E-state index contributed by atoms with van der Waals surface area (Å²) in [4.78, 5) is 34.8. The molecular formula is C43H74O6. The number of allylic oxidation sites excluding steroid dienone is 8. The monoisotopic (exact) mass is 687 g/mol. The first kappa shape index (κ1) is 46.4. The van der Waals surface area contributed by atoms with Gasteiger partial charge in [0.15, 0.2) is 6.61 Å². The summed E-state index contributed by atoms with van der Waals surface area (Å²) in [5.41, 5.74) is 0. The summed E-state index contributed by atoms with van der Waals surface area (Å²) in [7, 11) is 0. The van der Waals surface area contributed by atoms with Gasteiger partial charge in [-0.05, 0) is 89.9 Å². The molecule has 0 bridgehead atoms. The highest BCUT2D eigenvalue weighted by atomic mass is 16.6. The summed E-state index contributed by atoms with van der Waals surface area (Å²) in [6.45, 7) is 4.02. The molecule has 0 atom stereocenters. The summed E-state index contributed by atoms with van der Waals surface area (Å²) in [5, 5.41) is 8.72. The van der Waals surface area contributed by atoms with Gasteiger partial charge in [-0.2, -0.15) is 0 Å². The molecule has 6 nitrogen and oxygen atoms in total. The fourth-order valence-corrected chi connectivity index (χ4v) is 5.62. The van der Waals surface area contributed by atoms with Crippen molar-refractivity contribution in [1.29, 1.82) is 0 Å². The number of hydrogen-bond acceptors (Lipinski definition) is 5. The Hall–Kier alpha value is -2.63. The van der Waals surface area contributed by atoms with E-state index in [1.54, 1.807) is 0 Å². The lowest BCUT2D eigenvalue weighted by Gasteiger charge is -2.18. The van der Waals surface area contributed by atoms with Gasteiger partial charge in [-0.15, -0.1) is 0 Å². The smallest absolute Gasteiger partial charge is 0.344 e. The second-order valence-corrected chi connectivity index (χ2v) is 13.4. The minimum absolute atomic E-state index is 0.165. The Labute approximate surface area is 301 Å². The second kappa shape index (κ2) is 38.2. The average Bonchev–Trinajstić information content (AvgIpc) is 3.09. The van der Waals surface area contributed by atoms with E-state index in [1.807, 2.05) is 0 Å². The summed E-state index contributed by atoms with van der Waals surface area (Å²) in [6.07, 6.45) is 48.0. The van der Waals surface area contributed by atoms with Crippen molar-refractivity contribution in [1.82, 2.24) is 0 Å². The maximum atomic E-state index is 12.4. The van der Waals surface area contributed by atoms with Crippen molar-refractivity contribution in [2.75, 3.05) is 6.61 Å². The normalized spacial score (nSPS) is 12.0. The molecule has 0 aliphatic rings. The van der Waals surface area contributed by atoms with Crippen molar-refractivity contribution >= 4 is 17.9 Å². The molecule has 0 saturated carbocycles. The Kier molecular flexibility index (Phi) is 36.1. The molecule has 0 radical (unpaired) electrons. The summed E-state index contributed by atoms with van der Waals surface area (Å²) < 4.78 is 10.6. The second-order valence-electron chi connectivity index (χ2n) is 13.4. The maximum absolute atomic E-state index is 12.4. The van der Waals surface area contributed by atoms with Gasteiger partial charge in [0.25, 0.3) is 0 Å². The SMILES string of the molecule is CCCCC/C=C\C/C=C\CCCCCCCCC(CCCCCCCC/C=C\C/C=C\CCCCC)OC(=O)COC(=O)CCC(=O)O. The van der Waals surface area contributed by atoms with Gasteiger partial charge in [0.2, 0.25) is 0 Å². The van der Waals surface area contributed by atoms with Gasteiger partial charge in [-0.1, -0.05) is 140 Å². The number of unbranched alkanes of at least 4 members (excludes halogenated alkanes) is 18. The predicted molar refractivity (Wildman–Crippen MR) is 206 cm³/mol. The third-order valence-electron chi connectivity index (χ3n) is 8.65. The first-order valence-electron chi connectivity index (χ1n) is 20.2. The molecule has 0 fully saturated rings. The van der Waals surface area contributed by atoms with Crippen LogP contribution in [0.2, 0.25) is 0 Å². The van der Waals surface area contributed by atoms with E-state index in [2.05, 4.69) is 62.5 Å². The van der Waals surface area contributed by atoms with E-state index in [1.165, 1.54) is 103 Å². The van der Waals surface area contributed by atoms with E-state index in [0.717, 1.165) is 64.2 Å². The van der Waals surface area contributed by atoms with Crippen LogP contribution in [0.1, 0.15) is 194 Å². The number of ether oxygens (including phenoxy) is 2. The highest BCUT2D eigenvalue weighted by molar-refractivity contribution is 5.79. The van der Waals surface area contributed by atoms with E-state index in [9.17, 15) is 14.4 Å². The van der Waals surface area contributed by atoms with Gasteiger partial charge in [0.05, 0.1) is 12.8 Å². The molecule has 0 unspecified atom stereocenters. The van der Waals surface area contributed by atoms with Gasteiger partial charge < -0.3 is 14.6 Å². The van der Waals surface area contributed by atoms with Gasteiger partial charge in [-0.3, -0.25) is 9.59 Å². The number of carbonyl (C=O) groups excluding carboxylic acids is 2. The van der Waals surface area contributed by atoms with E-state index in [-0.39, 0.29) is 18.9 Å². The Morgan fingerprint density at radius 1 is 0.490 bits per heavy atom. The Balaban J connectivity index is 4.20. The van der Waals surface area contributed by atoms with E-state index in [0.29, 0.717) is 0 Å². The molecule has 49 heavy (non-hydrogen) atoms. The first-order chi connectivity index (χ1) is 24.0. The fraction of sp³-hybridized carbons (Fsp3) is 0.744. The lowest BCUT2D eigenvalue weighted by atomic mass is 10.0. The Morgan fingerprint density at radius 3 is 1.29 bits per heavy atom. The fourth-order valence-electron chi connectivity index (χ4n) is 5.62. The molecule has 0 aliphatic carbocycles. The van der Waals surface area contributed by atoms with Crippen LogP contribution in [-0.4, -0.2) is 35.7 Å². The summed E-state index contributed by atoms with van der Waals surface area (Å²) in [6, 6.07) is 0. The lowest BCUT2D eigenvalue weighted by molar-refractivity contribution is -0.163. The molecule has 0 rings (SSSR count). The Morgan fingerprint density at radius 2 is 0.878 bits per heavy atom. The van der Waals surface area contributed by atoms with Crippen molar-refractivity contribution < 1.29 is 29.0 Å². The van der Waals surface area contributed by atoms with Crippen LogP contribution in [-0.2, 0) is 23.9 Å². The zero-order chi connectivity index (χ0) is 35.9. The molecule has 0 saturated heterocycles. The van der Waals surface area contributed by atoms with Crippen LogP contribution in [0.25, 0.3) is 0 Å². The molecule has 6 heteroatoms. The topological polar surface area (TPSA) is 89.9 Å². The molecule has 0 heterocycles. The number of rotatable bonds is 36. The first-order valence-corrected chi connectivity index (χ1v) is 20.2. The van der Waals surface area contributed by atoms with Crippen molar-refractivity contribution in [3.8, 4) is 0 Å². The third-order valence-corrected chi connectivity index (χ3v) is 8.65. The van der Waals surface area contributed by atoms with Crippen molar-refractivity contribution in [3.63, 3.8) is 0 Å². The molecule has 0 aromatic heterocycles. The van der Waals surface area contributed by atoms with Crippen LogP contribution in [0, 0.1) is 0 Å². The number of esters is 2. The zero-order valence-electron chi connectivity index (χ0n) is 31.7. The highest BCUT2D eigenvalue weighted by Crippen LogP contribution is 2.18. The molecular weight excluding hydrogens is 612 g/mol. The number of hydrogen-bond donors (Lipinski definition) is 1. The standard InChI is InChI=1S/C43H74O6/c1-3-5-7-9-11-13-15-17-19-21-23-25-27-29-31-33-35-40(49-43(47)39-48-42(46)38-37-41(44)45)36-34-32-30-28-26-24-22-20-18-16-14-12-10-8-6-4-2/h11-14,17-20,40H,3-10,15-16,21-39H2,1-2H3,(H,44,45)/b13-11-,14-12-,19-17-,20-18-. The van der Waals surface area contributed by atoms with Crippen LogP contribution in [0.5, 0.6) is 0 Å². The van der Waals surface area contributed by atoms with Gasteiger partial charge in [-0.25, -0.2) is 4.79 Å². The molecule has 0 amide bonds. The summed E-state index contributed by atoms with van der Waals surface area (Å²) in [5.74, 6) is -2.30. The molecule has 0 aromatic rings. The molecule has 1 N–H and O–H groups in total. The van der Waals surface area contributed by atoms with Crippen molar-refractivity contribution in [2.24, 2.45) is 0 Å². The summed E-state index contributed by atoms with van der Waals surface area (Å²) >= 11 is 0.